The maximum atomic E-state index is 15.2. The fraction of sp³-hybridized carbons (Fsp3) is 0.667. The van der Waals surface area contributed by atoms with Crippen molar-refractivity contribution >= 4 is 35.0 Å². The molecule has 0 aromatic heterocycles. The number of amides is 3. The fourth-order valence-electron chi connectivity index (χ4n) is 5.19. The number of piperazine rings is 1. The van der Waals surface area contributed by atoms with Crippen molar-refractivity contribution in [2.45, 2.75) is 76.8 Å². The van der Waals surface area contributed by atoms with Gasteiger partial charge in [0.1, 0.15) is 11.9 Å². The largest absolute Gasteiger partial charge is 0.344 e. The lowest BCUT2D eigenvalue weighted by Crippen LogP contribution is -2.55. The number of carbonyl (C=O) groups excluding carboxylic acids is 3. The van der Waals surface area contributed by atoms with Crippen LogP contribution in [0.25, 0.3) is 0 Å². The van der Waals surface area contributed by atoms with Crippen molar-refractivity contribution in [3.8, 4) is 0 Å². The minimum atomic E-state index is -0.892. The van der Waals surface area contributed by atoms with Crippen molar-refractivity contribution in [1.82, 2.24) is 15.1 Å². The first kappa shape index (κ1) is 29.3. The summed E-state index contributed by atoms with van der Waals surface area (Å²) in [6.07, 6.45) is 6.37. The molecule has 0 radical (unpaired) electrons. The highest BCUT2D eigenvalue weighted by Crippen LogP contribution is 2.33. The zero-order chi connectivity index (χ0) is 27.1. The Bertz CT molecular complexity index is 962. The van der Waals surface area contributed by atoms with Crippen LogP contribution in [0.15, 0.2) is 12.1 Å². The van der Waals surface area contributed by atoms with Crippen LogP contribution in [-0.4, -0.2) is 72.8 Å². The van der Waals surface area contributed by atoms with E-state index in [0.29, 0.717) is 18.7 Å². The molecule has 2 aliphatic rings. The maximum Gasteiger partial charge on any atom is 0.245 e. The van der Waals surface area contributed by atoms with Crippen molar-refractivity contribution in [2.24, 2.45) is 11.7 Å². The molecule has 1 saturated heterocycles. The summed E-state index contributed by atoms with van der Waals surface area (Å²) in [5.41, 5.74) is 6.57. The third-order valence-corrected chi connectivity index (χ3v) is 8.09. The summed E-state index contributed by atoms with van der Waals surface area (Å²) in [4.78, 5) is 42.4. The monoisotopic (exact) mass is 537 g/mol. The van der Waals surface area contributed by atoms with Crippen molar-refractivity contribution in [2.75, 3.05) is 38.5 Å². The molecular weight excluding hydrogens is 497 g/mol. The Hall–Kier alpha value is -2.23. The number of carbonyl (C=O) groups is 3. The Morgan fingerprint density at radius 2 is 1.73 bits per heavy atom. The fourth-order valence-corrected chi connectivity index (χ4v) is 5.52. The zero-order valence-electron chi connectivity index (χ0n) is 22.2. The highest BCUT2D eigenvalue weighted by Gasteiger charge is 2.34. The molecule has 37 heavy (non-hydrogen) atoms. The maximum absolute atomic E-state index is 15.2. The standard InChI is InChI=1S/C27H41ClFN5O3/c1-4-23(35)32-25(27(37)34-13-11-33(3)12-14-34)17(2)19-15-21(29)22(16-20(19)28)31-26(36)24(30)18-9-7-5-6-8-10-18/h15-18,24-25H,4-14,30H2,1-3H3,(H,31,36)(H,32,35)/t17-,24-,25+/m0/s1. The van der Waals surface area contributed by atoms with Gasteiger partial charge in [0.15, 0.2) is 0 Å². The van der Waals surface area contributed by atoms with Gasteiger partial charge in [-0.05, 0) is 43.5 Å². The van der Waals surface area contributed by atoms with E-state index in [1.54, 1.807) is 18.7 Å². The number of nitrogens with one attached hydrogen (secondary N) is 2. The lowest BCUT2D eigenvalue weighted by Gasteiger charge is -2.36. The van der Waals surface area contributed by atoms with Crippen LogP contribution in [0.4, 0.5) is 10.1 Å². The summed E-state index contributed by atoms with van der Waals surface area (Å²) in [5, 5.41) is 5.63. The minimum absolute atomic E-state index is 0.0467. The number of likely N-dealkylation sites (N-methyl/N-ethyl adjacent to an activating group) is 1. The summed E-state index contributed by atoms with van der Waals surface area (Å²) >= 11 is 6.56. The van der Waals surface area contributed by atoms with Crippen LogP contribution < -0.4 is 16.4 Å². The van der Waals surface area contributed by atoms with Crippen LogP contribution in [0.2, 0.25) is 5.02 Å². The third kappa shape index (κ3) is 7.65. The van der Waals surface area contributed by atoms with Crippen molar-refractivity contribution < 1.29 is 18.8 Å². The third-order valence-electron chi connectivity index (χ3n) is 7.76. The second-order valence-electron chi connectivity index (χ2n) is 10.4. The highest BCUT2D eigenvalue weighted by molar-refractivity contribution is 6.31. The van der Waals surface area contributed by atoms with Crippen molar-refractivity contribution in [1.29, 1.82) is 0 Å². The van der Waals surface area contributed by atoms with E-state index in [9.17, 15) is 14.4 Å². The quantitative estimate of drug-likeness (QED) is 0.440. The molecule has 1 saturated carbocycles. The van der Waals surface area contributed by atoms with Gasteiger partial charge in [-0.3, -0.25) is 14.4 Å². The number of hydrogen-bond acceptors (Lipinski definition) is 5. The van der Waals surface area contributed by atoms with Gasteiger partial charge in [-0.25, -0.2) is 4.39 Å². The smallest absolute Gasteiger partial charge is 0.245 e. The number of anilines is 1. The SMILES string of the molecule is CCC(=O)N[C@@H](C(=O)N1CCN(C)CC1)[C@@H](C)c1cc(F)c(NC(=O)[C@@H](N)C2CCCCCC2)cc1Cl. The van der Waals surface area contributed by atoms with E-state index in [4.69, 9.17) is 17.3 Å². The predicted molar refractivity (Wildman–Crippen MR) is 144 cm³/mol. The molecular formula is C27H41ClFN5O3. The van der Waals surface area contributed by atoms with Crippen LogP contribution >= 0.6 is 11.6 Å². The van der Waals surface area contributed by atoms with E-state index >= 15 is 4.39 Å². The summed E-state index contributed by atoms with van der Waals surface area (Å²) in [7, 11) is 1.99. The molecule has 3 rings (SSSR count). The molecule has 4 N–H and O–H groups in total. The van der Waals surface area contributed by atoms with E-state index < -0.39 is 29.7 Å². The van der Waals surface area contributed by atoms with Crippen LogP contribution in [0.3, 0.4) is 0 Å². The summed E-state index contributed by atoms with van der Waals surface area (Å²) < 4.78 is 15.2. The van der Waals surface area contributed by atoms with E-state index in [1.165, 1.54) is 12.1 Å². The second kappa shape index (κ2) is 13.5. The van der Waals surface area contributed by atoms with Crippen molar-refractivity contribution in [3.63, 3.8) is 0 Å². The van der Waals surface area contributed by atoms with Gasteiger partial charge in [-0.2, -0.15) is 0 Å². The molecule has 1 aliphatic heterocycles. The minimum Gasteiger partial charge on any atom is -0.344 e. The number of nitrogens with zero attached hydrogens (tertiary/aromatic N) is 2. The Kier molecular flexibility index (Phi) is 10.7. The summed E-state index contributed by atoms with van der Waals surface area (Å²) in [5.74, 6) is -2.11. The first-order chi connectivity index (χ1) is 17.6. The molecule has 1 aliphatic carbocycles. The van der Waals surface area contributed by atoms with Crippen LogP contribution in [0.1, 0.15) is 70.3 Å². The summed E-state index contributed by atoms with van der Waals surface area (Å²) in [6.45, 7) is 6.03. The van der Waals surface area contributed by atoms with Gasteiger partial charge in [0, 0.05) is 43.5 Å². The molecule has 0 spiro atoms. The van der Waals surface area contributed by atoms with E-state index in [-0.39, 0.29) is 34.9 Å². The predicted octanol–water partition coefficient (Wildman–Crippen LogP) is 3.49. The number of halogens is 2. The zero-order valence-corrected chi connectivity index (χ0v) is 23.0. The van der Waals surface area contributed by atoms with E-state index in [2.05, 4.69) is 15.5 Å². The second-order valence-corrected chi connectivity index (χ2v) is 10.8. The van der Waals surface area contributed by atoms with Gasteiger partial charge in [0.2, 0.25) is 17.7 Å². The molecule has 10 heteroatoms. The molecule has 1 heterocycles. The lowest BCUT2D eigenvalue weighted by molar-refractivity contribution is -0.138. The first-order valence-electron chi connectivity index (χ1n) is 13.4. The molecule has 1 aromatic carbocycles. The summed E-state index contributed by atoms with van der Waals surface area (Å²) in [6, 6.07) is 0.989. The molecule has 3 atom stereocenters. The van der Waals surface area contributed by atoms with Gasteiger partial charge in [-0.15, -0.1) is 0 Å². The van der Waals surface area contributed by atoms with Gasteiger partial charge >= 0.3 is 0 Å². The lowest BCUT2D eigenvalue weighted by atomic mass is 9.90. The molecule has 206 valence electrons. The average Bonchev–Trinajstić information content (AvgIpc) is 3.18. The molecule has 2 fully saturated rings. The molecule has 3 amide bonds. The van der Waals surface area contributed by atoms with Crippen molar-refractivity contribution in [3.05, 3.63) is 28.5 Å². The molecule has 0 unspecified atom stereocenters. The Morgan fingerprint density at radius 3 is 2.32 bits per heavy atom. The number of rotatable bonds is 8. The Morgan fingerprint density at radius 1 is 1.11 bits per heavy atom. The highest BCUT2D eigenvalue weighted by atomic mass is 35.5. The van der Waals surface area contributed by atoms with Gasteiger partial charge in [0.25, 0.3) is 0 Å². The molecule has 1 aromatic rings. The average molecular weight is 538 g/mol. The van der Waals surface area contributed by atoms with Crippen LogP contribution in [0.5, 0.6) is 0 Å². The topological polar surface area (TPSA) is 108 Å². The van der Waals surface area contributed by atoms with Gasteiger partial charge in [0.05, 0.1) is 11.7 Å². The Balaban J connectivity index is 1.78. The first-order valence-corrected chi connectivity index (χ1v) is 13.8. The van der Waals surface area contributed by atoms with Gasteiger partial charge in [-0.1, -0.05) is 51.1 Å². The Labute approximate surface area is 224 Å². The number of hydrogen-bond donors (Lipinski definition) is 3. The van der Waals surface area contributed by atoms with Crippen LogP contribution in [0, 0.1) is 11.7 Å². The van der Waals surface area contributed by atoms with E-state index in [1.807, 2.05) is 7.05 Å². The number of benzene rings is 1. The normalized spacial score (nSPS) is 20.0. The van der Waals surface area contributed by atoms with Gasteiger partial charge < -0.3 is 26.2 Å². The molecule has 8 nitrogen and oxygen atoms in total. The van der Waals surface area contributed by atoms with Crippen LogP contribution in [-0.2, 0) is 14.4 Å². The van der Waals surface area contributed by atoms with E-state index in [0.717, 1.165) is 51.6 Å². The molecule has 0 bridgehead atoms. The number of nitrogens with two attached hydrogens (primary N) is 1.